The lowest BCUT2D eigenvalue weighted by Crippen LogP contribution is -2.61. The molecule has 1 aromatic rings. The SMILES string of the molecule is CNC(=O)C1(N2C(=O)c3cccc(Cl)c3C2=O)CCCCC1. The minimum Gasteiger partial charge on any atom is -0.357 e. The molecule has 1 heterocycles. The monoisotopic (exact) mass is 320 g/mol. The van der Waals surface area contributed by atoms with Gasteiger partial charge in [-0.05, 0) is 25.0 Å². The second kappa shape index (κ2) is 5.39. The van der Waals surface area contributed by atoms with Gasteiger partial charge >= 0.3 is 0 Å². The van der Waals surface area contributed by atoms with Crippen molar-refractivity contribution >= 4 is 29.3 Å². The molecule has 1 aliphatic heterocycles. The molecule has 1 N–H and O–H groups in total. The van der Waals surface area contributed by atoms with E-state index in [-0.39, 0.29) is 22.1 Å². The van der Waals surface area contributed by atoms with E-state index in [4.69, 9.17) is 11.6 Å². The maximum atomic E-state index is 12.8. The molecule has 1 fully saturated rings. The van der Waals surface area contributed by atoms with Gasteiger partial charge in [-0.2, -0.15) is 0 Å². The summed E-state index contributed by atoms with van der Waals surface area (Å²) in [6, 6.07) is 4.81. The number of likely N-dealkylation sites (N-methyl/N-ethyl adjacent to an activating group) is 1. The van der Waals surface area contributed by atoms with Crippen molar-refractivity contribution in [2.24, 2.45) is 0 Å². The second-order valence-electron chi connectivity index (χ2n) is 5.78. The van der Waals surface area contributed by atoms with Crippen molar-refractivity contribution in [3.63, 3.8) is 0 Å². The molecule has 1 aliphatic carbocycles. The molecule has 0 unspecified atom stereocenters. The maximum Gasteiger partial charge on any atom is 0.264 e. The van der Waals surface area contributed by atoms with Gasteiger partial charge in [0.05, 0.1) is 16.1 Å². The van der Waals surface area contributed by atoms with Crippen molar-refractivity contribution in [1.82, 2.24) is 10.2 Å². The molecule has 0 radical (unpaired) electrons. The predicted octanol–water partition coefficient (Wildman–Crippen LogP) is 2.38. The number of benzene rings is 1. The third kappa shape index (κ3) is 1.96. The summed E-state index contributed by atoms with van der Waals surface area (Å²) >= 11 is 6.09. The van der Waals surface area contributed by atoms with Crippen LogP contribution in [0.1, 0.15) is 52.8 Å². The topological polar surface area (TPSA) is 66.5 Å². The van der Waals surface area contributed by atoms with Gasteiger partial charge in [-0.1, -0.05) is 36.9 Å². The minimum absolute atomic E-state index is 0.211. The van der Waals surface area contributed by atoms with E-state index < -0.39 is 17.4 Å². The second-order valence-corrected chi connectivity index (χ2v) is 6.19. The molecule has 5 nitrogen and oxygen atoms in total. The molecule has 22 heavy (non-hydrogen) atoms. The van der Waals surface area contributed by atoms with Gasteiger partial charge in [0.1, 0.15) is 5.54 Å². The van der Waals surface area contributed by atoms with Gasteiger partial charge in [-0.25, -0.2) is 0 Å². The number of carbonyl (C=O) groups excluding carboxylic acids is 3. The standard InChI is InChI=1S/C16H17ClN2O3/c1-18-15(22)16(8-3-2-4-9-16)19-13(20)10-6-5-7-11(17)12(10)14(19)21/h5-7H,2-4,8-9H2,1H3,(H,18,22). The van der Waals surface area contributed by atoms with E-state index in [1.807, 2.05) is 0 Å². The number of hydrogen-bond donors (Lipinski definition) is 1. The number of amides is 3. The number of carbonyl (C=O) groups is 3. The van der Waals surface area contributed by atoms with E-state index in [1.54, 1.807) is 18.2 Å². The van der Waals surface area contributed by atoms with Crippen LogP contribution in [-0.4, -0.2) is 35.2 Å². The Morgan fingerprint density at radius 3 is 2.45 bits per heavy atom. The Morgan fingerprint density at radius 2 is 1.86 bits per heavy atom. The van der Waals surface area contributed by atoms with E-state index in [0.717, 1.165) is 24.2 Å². The molecular weight excluding hydrogens is 304 g/mol. The number of rotatable bonds is 2. The number of nitrogens with zero attached hydrogens (tertiary/aromatic N) is 1. The number of halogens is 1. The van der Waals surface area contributed by atoms with Crippen molar-refractivity contribution in [3.05, 3.63) is 34.3 Å². The molecule has 116 valence electrons. The average Bonchev–Trinajstić information content (AvgIpc) is 2.80. The van der Waals surface area contributed by atoms with Gasteiger partial charge in [0, 0.05) is 7.05 Å². The highest BCUT2D eigenvalue weighted by molar-refractivity contribution is 6.37. The van der Waals surface area contributed by atoms with Crippen LogP contribution in [0.25, 0.3) is 0 Å². The van der Waals surface area contributed by atoms with Crippen LogP contribution < -0.4 is 5.32 Å². The number of fused-ring (bicyclic) bond motifs is 1. The lowest BCUT2D eigenvalue weighted by Gasteiger charge is -2.41. The third-order valence-electron chi connectivity index (χ3n) is 4.62. The zero-order valence-corrected chi connectivity index (χ0v) is 13.1. The van der Waals surface area contributed by atoms with Gasteiger partial charge in [0.2, 0.25) is 5.91 Å². The van der Waals surface area contributed by atoms with Crippen molar-refractivity contribution in [3.8, 4) is 0 Å². The molecule has 0 aromatic heterocycles. The Bertz CT molecular complexity index is 665. The zero-order chi connectivity index (χ0) is 15.9. The summed E-state index contributed by atoms with van der Waals surface area (Å²) < 4.78 is 0. The summed E-state index contributed by atoms with van der Waals surface area (Å²) in [5.74, 6) is -1.16. The van der Waals surface area contributed by atoms with Crippen LogP contribution in [0.5, 0.6) is 0 Å². The van der Waals surface area contributed by atoms with E-state index in [0.29, 0.717) is 12.8 Å². The molecule has 0 saturated heterocycles. The van der Waals surface area contributed by atoms with Gasteiger partial charge in [0.25, 0.3) is 11.8 Å². The van der Waals surface area contributed by atoms with E-state index >= 15 is 0 Å². The van der Waals surface area contributed by atoms with Gasteiger partial charge in [0.15, 0.2) is 0 Å². The predicted molar refractivity (Wildman–Crippen MR) is 81.8 cm³/mol. The normalized spacial score (nSPS) is 20.0. The highest BCUT2D eigenvalue weighted by atomic mass is 35.5. The lowest BCUT2D eigenvalue weighted by atomic mass is 9.79. The first-order chi connectivity index (χ1) is 10.5. The lowest BCUT2D eigenvalue weighted by molar-refractivity contribution is -0.132. The van der Waals surface area contributed by atoms with Crippen LogP contribution in [0.15, 0.2) is 18.2 Å². The van der Waals surface area contributed by atoms with Gasteiger partial charge in [-0.3, -0.25) is 19.3 Å². The van der Waals surface area contributed by atoms with Crippen LogP contribution in [0.2, 0.25) is 5.02 Å². The smallest absolute Gasteiger partial charge is 0.264 e. The van der Waals surface area contributed by atoms with E-state index in [2.05, 4.69) is 5.32 Å². The quantitative estimate of drug-likeness (QED) is 0.851. The summed E-state index contributed by atoms with van der Waals surface area (Å²) in [7, 11) is 1.53. The highest BCUT2D eigenvalue weighted by Gasteiger charge is 2.53. The molecule has 3 rings (SSSR count). The van der Waals surface area contributed by atoms with Crippen molar-refractivity contribution < 1.29 is 14.4 Å². The van der Waals surface area contributed by atoms with Crippen LogP contribution >= 0.6 is 11.6 Å². The van der Waals surface area contributed by atoms with Crippen LogP contribution in [0, 0.1) is 0 Å². The zero-order valence-electron chi connectivity index (χ0n) is 12.3. The molecule has 0 bridgehead atoms. The Labute approximate surface area is 133 Å². The van der Waals surface area contributed by atoms with Crippen LogP contribution in [-0.2, 0) is 4.79 Å². The first kappa shape index (κ1) is 15.0. The molecule has 0 atom stereocenters. The molecule has 0 spiro atoms. The first-order valence-electron chi connectivity index (χ1n) is 7.42. The Kier molecular flexibility index (Phi) is 3.68. The third-order valence-corrected chi connectivity index (χ3v) is 4.94. The largest absolute Gasteiger partial charge is 0.357 e. The van der Waals surface area contributed by atoms with E-state index in [9.17, 15) is 14.4 Å². The van der Waals surface area contributed by atoms with Crippen LogP contribution in [0.4, 0.5) is 0 Å². The summed E-state index contributed by atoms with van der Waals surface area (Å²) in [5.41, 5.74) is -0.599. The fourth-order valence-corrected chi connectivity index (χ4v) is 3.81. The van der Waals surface area contributed by atoms with E-state index in [1.165, 1.54) is 7.05 Å². The fourth-order valence-electron chi connectivity index (χ4n) is 3.55. The molecule has 6 heteroatoms. The Balaban J connectivity index is 2.11. The number of hydrogen-bond acceptors (Lipinski definition) is 3. The molecule has 2 aliphatic rings. The van der Waals surface area contributed by atoms with Gasteiger partial charge in [-0.15, -0.1) is 0 Å². The van der Waals surface area contributed by atoms with Crippen molar-refractivity contribution in [1.29, 1.82) is 0 Å². The van der Waals surface area contributed by atoms with Crippen LogP contribution in [0.3, 0.4) is 0 Å². The number of nitrogens with one attached hydrogen (secondary N) is 1. The minimum atomic E-state index is -1.09. The van der Waals surface area contributed by atoms with Gasteiger partial charge < -0.3 is 5.32 Å². The average molecular weight is 321 g/mol. The summed E-state index contributed by atoms with van der Waals surface area (Å²) in [6.07, 6.45) is 3.62. The first-order valence-corrected chi connectivity index (χ1v) is 7.80. The maximum absolute atomic E-state index is 12.8. The highest BCUT2D eigenvalue weighted by Crippen LogP contribution is 2.40. The molecule has 1 saturated carbocycles. The number of imide groups is 1. The molecule has 3 amide bonds. The fraction of sp³-hybridized carbons (Fsp3) is 0.438. The molecule has 1 aromatic carbocycles. The summed E-state index contributed by atoms with van der Waals surface area (Å²) in [4.78, 5) is 39.2. The summed E-state index contributed by atoms with van der Waals surface area (Å²) in [5, 5.41) is 2.87. The van der Waals surface area contributed by atoms with Crippen molar-refractivity contribution in [2.75, 3.05) is 7.05 Å². The van der Waals surface area contributed by atoms with Crippen molar-refractivity contribution in [2.45, 2.75) is 37.6 Å². The molecular formula is C16H17ClN2O3. The Hall–Kier alpha value is -1.88. The summed E-state index contributed by atoms with van der Waals surface area (Å²) in [6.45, 7) is 0. The Morgan fingerprint density at radius 1 is 1.18 bits per heavy atom.